The smallest absolute Gasteiger partial charge is 0.328 e. The Morgan fingerprint density at radius 2 is 1.76 bits per heavy atom. The van der Waals surface area contributed by atoms with Gasteiger partial charge in [-0.15, -0.1) is 10.1 Å². The number of carbonyl (C=O) groups excluding carboxylic acids is 1. The molecule has 1 saturated heterocycles. The largest absolute Gasteiger partial charge is 0.478 e. The normalized spacial score (nSPS) is 15.1. The highest BCUT2D eigenvalue weighted by atomic mass is 16.9. The number of carboxylic acids is 2. The molecule has 1 amide bonds. The van der Waals surface area contributed by atoms with Crippen molar-refractivity contribution in [3.05, 3.63) is 22.3 Å². The van der Waals surface area contributed by atoms with E-state index in [4.69, 9.17) is 10.2 Å². The number of hydrogen-bond donors (Lipinski definition) is 3. The molecule has 0 aliphatic carbocycles. The molecular weight excluding hydrogens is 338 g/mol. The summed E-state index contributed by atoms with van der Waals surface area (Å²) in [6.07, 6.45) is 3.34. The molecule has 0 atom stereocenters. The lowest BCUT2D eigenvalue weighted by molar-refractivity contribution is -0.757. The molecule has 1 fully saturated rings. The third-order valence-corrected chi connectivity index (χ3v) is 3.27. The van der Waals surface area contributed by atoms with Gasteiger partial charge in [-0.2, -0.15) is 0 Å². The van der Waals surface area contributed by atoms with E-state index in [2.05, 4.69) is 15.1 Å². The van der Waals surface area contributed by atoms with Gasteiger partial charge in [-0.05, 0) is 39.4 Å². The van der Waals surface area contributed by atoms with Gasteiger partial charge in [0.2, 0.25) is 5.91 Å². The van der Waals surface area contributed by atoms with Crippen molar-refractivity contribution in [3.8, 4) is 0 Å². The second-order valence-electron chi connectivity index (χ2n) is 5.29. The molecule has 1 rings (SSSR count). The number of piperidine rings is 1. The van der Waals surface area contributed by atoms with Gasteiger partial charge in [0, 0.05) is 24.6 Å². The minimum absolute atomic E-state index is 0.0285. The molecule has 0 bridgehead atoms. The molecular formula is C14H23N3O8. The van der Waals surface area contributed by atoms with Gasteiger partial charge in [-0.25, -0.2) is 9.59 Å². The van der Waals surface area contributed by atoms with E-state index in [0.29, 0.717) is 25.1 Å². The summed E-state index contributed by atoms with van der Waals surface area (Å²) in [5.41, 5.74) is 0. The molecule has 142 valence electrons. The molecule has 0 unspecified atom stereocenters. The monoisotopic (exact) mass is 361 g/mol. The van der Waals surface area contributed by atoms with Gasteiger partial charge < -0.3 is 25.3 Å². The first-order chi connectivity index (χ1) is 11.7. The van der Waals surface area contributed by atoms with Gasteiger partial charge in [0.25, 0.3) is 5.09 Å². The van der Waals surface area contributed by atoms with Crippen molar-refractivity contribution >= 4 is 17.8 Å². The van der Waals surface area contributed by atoms with Crippen molar-refractivity contribution in [1.29, 1.82) is 0 Å². The molecule has 0 aromatic rings. The van der Waals surface area contributed by atoms with Crippen molar-refractivity contribution in [2.24, 2.45) is 5.92 Å². The number of carbonyl (C=O) groups is 3. The van der Waals surface area contributed by atoms with Crippen molar-refractivity contribution in [2.45, 2.75) is 19.3 Å². The zero-order chi connectivity index (χ0) is 19.2. The van der Waals surface area contributed by atoms with Crippen LogP contribution in [-0.2, 0) is 19.2 Å². The van der Waals surface area contributed by atoms with Crippen LogP contribution in [-0.4, -0.2) is 71.3 Å². The van der Waals surface area contributed by atoms with Crippen LogP contribution in [0, 0.1) is 16.0 Å². The van der Waals surface area contributed by atoms with Crippen LogP contribution in [0.5, 0.6) is 0 Å². The quantitative estimate of drug-likeness (QED) is 0.229. The minimum atomic E-state index is -1.26. The summed E-state index contributed by atoms with van der Waals surface area (Å²) < 4.78 is 0. The number of nitrogens with one attached hydrogen (secondary N) is 1. The Morgan fingerprint density at radius 1 is 1.24 bits per heavy atom. The fraction of sp³-hybridized carbons (Fsp3) is 0.643. The summed E-state index contributed by atoms with van der Waals surface area (Å²) in [5, 5.41) is 27.5. The second kappa shape index (κ2) is 12.7. The van der Waals surface area contributed by atoms with Gasteiger partial charge in [0.1, 0.15) is 0 Å². The molecule has 0 spiro atoms. The van der Waals surface area contributed by atoms with Crippen LogP contribution in [0.4, 0.5) is 0 Å². The average Bonchev–Trinajstić information content (AvgIpc) is 2.53. The summed E-state index contributed by atoms with van der Waals surface area (Å²) in [5.74, 6) is -2.37. The van der Waals surface area contributed by atoms with Crippen LogP contribution in [0.15, 0.2) is 12.2 Å². The third-order valence-electron chi connectivity index (χ3n) is 3.27. The number of likely N-dealkylation sites (tertiary alicyclic amines) is 1. The van der Waals surface area contributed by atoms with Gasteiger partial charge in [-0.3, -0.25) is 4.79 Å². The van der Waals surface area contributed by atoms with Gasteiger partial charge in [-0.1, -0.05) is 0 Å². The van der Waals surface area contributed by atoms with E-state index < -0.39 is 17.0 Å². The van der Waals surface area contributed by atoms with E-state index in [1.54, 1.807) is 0 Å². The topological polar surface area (TPSA) is 159 Å². The van der Waals surface area contributed by atoms with E-state index in [1.165, 1.54) is 0 Å². The predicted molar refractivity (Wildman–Crippen MR) is 85.2 cm³/mol. The Labute approximate surface area is 144 Å². The first kappa shape index (κ1) is 22.3. The fourth-order valence-electron chi connectivity index (χ4n) is 1.98. The molecule has 1 aliphatic rings. The molecule has 1 heterocycles. The van der Waals surface area contributed by atoms with Crippen LogP contribution in [0.25, 0.3) is 0 Å². The summed E-state index contributed by atoms with van der Waals surface area (Å²) in [4.78, 5) is 47.0. The van der Waals surface area contributed by atoms with Crippen LogP contribution >= 0.6 is 0 Å². The number of hydrogen-bond acceptors (Lipinski definition) is 7. The van der Waals surface area contributed by atoms with Crippen LogP contribution in [0.3, 0.4) is 0 Å². The number of carboxylic acid groups (broad SMARTS) is 2. The Kier molecular flexibility index (Phi) is 11.3. The first-order valence-corrected chi connectivity index (χ1v) is 7.60. The first-order valence-electron chi connectivity index (χ1n) is 7.60. The Bertz CT molecular complexity index is 470. The molecule has 1 aliphatic heterocycles. The van der Waals surface area contributed by atoms with E-state index >= 15 is 0 Å². The zero-order valence-electron chi connectivity index (χ0n) is 13.9. The average molecular weight is 361 g/mol. The van der Waals surface area contributed by atoms with Gasteiger partial charge >= 0.3 is 11.9 Å². The molecule has 0 aromatic heterocycles. The molecule has 0 aromatic carbocycles. The SMILES string of the molecule is CN1CCC(C(=O)NCCCO[N+](=O)[O-])CC1.O=C(O)C=CC(=O)O. The number of rotatable bonds is 8. The number of nitrogens with zero attached hydrogens (tertiary/aromatic N) is 2. The second-order valence-corrected chi connectivity index (χ2v) is 5.29. The Balaban J connectivity index is 0.000000609. The molecule has 3 N–H and O–H groups in total. The standard InChI is InChI=1S/C10H19N3O4.C4H4O4/c1-12-6-3-9(4-7-12)10(14)11-5-2-8-17-13(15)16;5-3(6)1-2-4(7)8/h9H,2-8H2,1H3,(H,11,14);1-2H,(H,5,6)(H,7,8). The van der Waals surface area contributed by atoms with Crippen LogP contribution < -0.4 is 5.32 Å². The van der Waals surface area contributed by atoms with E-state index in [9.17, 15) is 24.5 Å². The highest BCUT2D eigenvalue weighted by molar-refractivity contribution is 5.89. The van der Waals surface area contributed by atoms with Gasteiger partial charge in [0.05, 0.1) is 6.61 Å². The van der Waals surface area contributed by atoms with Crippen LogP contribution in [0.2, 0.25) is 0 Å². The molecule has 0 saturated carbocycles. The maximum atomic E-state index is 11.7. The number of amides is 1. The Morgan fingerprint density at radius 3 is 2.20 bits per heavy atom. The third kappa shape index (κ3) is 13.4. The minimum Gasteiger partial charge on any atom is -0.478 e. The van der Waals surface area contributed by atoms with Crippen molar-refractivity contribution in [1.82, 2.24) is 10.2 Å². The van der Waals surface area contributed by atoms with Crippen LogP contribution in [0.1, 0.15) is 19.3 Å². The summed E-state index contributed by atoms with van der Waals surface area (Å²) >= 11 is 0. The summed E-state index contributed by atoms with van der Waals surface area (Å²) in [7, 11) is 2.04. The molecule has 11 heteroatoms. The van der Waals surface area contributed by atoms with Crippen molar-refractivity contribution < 1.29 is 34.5 Å². The molecule has 0 radical (unpaired) electrons. The van der Waals surface area contributed by atoms with E-state index in [0.717, 1.165) is 25.9 Å². The highest BCUT2D eigenvalue weighted by Crippen LogP contribution is 2.15. The zero-order valence-corrected chi connectivity index (χ0v) is 13.9. The lowest BCUT2D eigenvalue weighted by Gasteiger charge is -2.28. The summed E-state index contributed by atoms with van der Waals surface area (Å²) in [6.45, 7) is 2.35. The number of aliphatic carboxylic acids is 2. The predicted octanol–water partition coefficient (Wildman–Crippen LogP) is -0.245. The maximum absolute atomic E-state index is 11.7. The van der Waals surface area contributed by atoms with Gasteiger partial charge in [0.15, 0.2) is 0 Å². The summed E-state index contributed by atoms with van der Waals surface area (Å²) in [6, 6.07) is 0. The van der Waals surface area contributed by atoms with Crippen molar-refractivity contribution in [2.75, 3.05) is 33.3 Å². The van der Waals surface area contributed by atoms with E-state index in [-0.39, 0.29) is 18.4 Å². The lowest BCUT2D eigenvalue weighted by Crippen LogP contribution is -2.39. The highest BCUT2D eigenvalue weighted by Gasteiger charge is 2.22. The Hall–Kier alpha value is -2.69. The maximum Gasteiger partial charge on any atom is 0.328 e. The fourth-order valence-corrected chi connectivity index (χ4v) is 1.98. The molecule has 11 nitrogen and oxygen atoms in total. The molecule has 25 heavy (non-hydrogen) atoms. The lowest BCUT2D eigenvalue weighted by atomic mass is 9.96. The van der Waals surface area contributed by atoms with E-state index in [1.807, 2.05) is 7.05 Å². The van der Waals surface area contributed by atoms with Crippen molar-refractivity contribution in [3.63, 3.8) is 0 Å².